The van der Waals surface area contributed by atoms with E-state index < -0.39 is 6.09 Å². The van der Waals surface area contributed by atoms with Crippen LogP contribution in [0.3, 0.4) is 0 Å². The second-order valence-electron chi connectivity index (χ2n) is 4.64. The van der Waals surface area contributed by atoms with Gasteiger partial charge in [-0.05, 0) is 42.6 Å². The van der Waals surface area contributed by atoms with Crippen LogP contribution in [0.2, 0.25) is 4.34 Å². The van der Waals surface area contributed by atoms with Gasteiger partial charge >= 0.3 is 6.09 Å². The van der Waals surface area contributed by atoms with E-state index in [-0.39, 0.29) is 12.2 Å². The van der Waals surface area contributed by atoms with Gasteiger partial charge in [-0.2, -0.15) is 5.10 Å². The minimum Gasteiger partial charge on any atom is -0.449 e. The van der Waals surface area contributed by atoms with E-state index in [1.54, 1.807) is 17.8 Å². The zero-order valence-electron chi connectivity index (χ0n) is 12.7. The summed E-state index contributed by atoms with van der Waals surface area (Å²) in [7, 11) is 0. The van der Waals surface area contributed by atoms with Gasteiger partial charge in [-0.15, -0.1) is 0 Å². The first-order valence-corrected chi connectivity index (χ1v) is 8.07. The van der Waals surface area contributed by atoms with Gasteiger partial charge in [0, 0.05) is 6.07 Å². The molecule has 0 saturated carbocycles. The van der Waals surface area contributed by atoms with Crippen LogP contribution in [0.1, 0.15) is 25.0 Å². The highest BCUT2D eigenvalue weighted by molar-refractivity contribution is 7.11. The lowest BCUT2D eigenvalue weighted by Gasteiger charge is -2.06. The lowest BCUT2D eigenvalue weighted by molar-refractivity contribution is 0.152. The maximum atomic E-state index is 11.7. The van der Waals surface area contributed by atoms with Crippen LogP contribution < -0.4 is 11.0 Å². The SMILES string of the molecule is CCOC(=O)N/N=C(\C)c1cccc(Cn2sc(Cl)cc2=O)c1. The van der Waals surface area contributed by atoms with Gasteiger partial charge in [0.2, 0.25) is 0 Å². The van der Waals surface area contributed by atoms with Crippen LogP contribution in [-0.4, -0.2) is 22.4 Å². The fourth-order valence-corrected chi connectivity index (χ4v) is 2.94. The predicted molar refractivity (Wildman–Crippen MR) is 91.5 cm³/mol. The number of amides is 1. The number of hydrogen-bond acceptors (Lipinski definition) is 5. The molecule has 0 aliphatic rings. The molecule has 6 nitrogen and oxygen atoms in total. The van der Waals surface area contributed by atoms with Gasteiger partial charge < -0.3 is 4.74 Å². The first kappa shape index (κ1) is 17.2. The van der Waals surface area contributed by atoms with Gasteiger partial charge in [0.05, 0.1) is 18.9 Å². The fourth-order valence-electron chi connectivity index (χ4n) is 1.87. The molecule has 2 aromatic rings. The lowest BCUT2D eigenvalue weighted by atomic mass is 10.1. The molecule has 1 heterocycles. The molecule has 122 valence electrons. The van der Waals surface area contributed by atoms with E-state index in [4.69, 9.17) is 16.3 Å². The molecule has 1 amide bonds. The smallest absolute Gasteiger partial charge is 0.427 e. The Hall–Kier alpha value is -2.12. The fraction of sp³-hybridized carbons (Fsp3) is 0.267. The number of ether oxygens (including phenoxy) is 1. The monoisotopic (exact) mass is 353 g/mol. The minimum absolute atomic E-state index is 0.125. The third kappa shape index (κ3) is 4.94. The number of benzene rings is 1. The molecule has 1 aromatic heterocycles. The summed E-state index contributed by atoms with van der Waals surface area (Å²) in [6.07, 6.45) is -0.595. The third-order valence-electron chi connectivity index (χ3n) is 2.94. The molecule has 0 unspecified atom stereocenters. The molecule has 1 aromatic carbocycles. The largest absolute Gasteiger partial charge is 0.449 e. The van der Waals surface area contributed by atoms with E-state index in [9.17, 15) is 9.59 Å². The van der Waals surface area contributed by atoms with Crippen LogP contribution in [0, 0.1) is 0 Å². The molecule has 0 aliphatic heterocycles. The zero-order chi connectivity index (χ0) is 16.8. The summed E-state index contributed by atoms with van der Waals surface area (Å²) in [6, 6.07) is 8.96. The van der Waals surface area contributed by atoms with Gasteiger partial charge in [-0.1, -0.05) is 29.8 Å². The Labute approximate surface area is 142 Å². The van der Waals surface area contributed by atoms with Crippen molar-refractivity contribution >= 4 is 34.9 Å². The third-order valence-corrected chi connectivity index (χ3v) is 4.08. The lowest BCUT2D eigenvalue weighted by Crippen LogP contribution is -2.20. The summed E-state index contributed by atoms with van der Waals surface area (Å²) < 4.78 is 6.77. The number of rotatable bonds is 5. The Bertz CT molecular complexity index is 782. The van der Waals surface area contributed by atoms with E-state index in [1.807, 2.05) is 24.3 Å². The Morgan fingerprint density at radius 3 is 2.87 bits per heavy atom. The molecule has 8 heteroatoms. The van der Waals surface area contributed by atoms with Crippen LogP contribution in [-0.2, 0) is 11.3 Å². The van der Waals surface area contributed by atoms with E-state index in [1.165, 1.54) is 17.6 Å². The summed E-state index contributed by atoms with van der Waals surface area (Å²) in [5.74, 6) is 0. The molecule has 23 heavy (non-hydrogen) atoms. The summed E-state index contributed by atoms with van der Waals surface area (Å²) in [5, 5.41) is 3.99. The minimum atomic E-state index is -0.595. The van der Waals surface area contributed by atoms with Gasteiger partial charge in [-0.25, -0.2) is 10.2 Å². The number of aromatic nitrogens is 1. The van der Waals surface area contributed by atoms with Gasteiger partial charge in [-0.3, -0.25) is 8.75 Å². The Morgan fingerprint density at radius 1 is 1.43 bits per heavy atom. The van der Waals surface area contributed by atoms with Crippen molar-refractivity contribution in [3.05, 3.63) is 56.1 Å². The molecule has 2 rings (SSSR count). The van der Waals surface area contributed by atoms with Crippen LogP contribution in [0.25, 0.3) is 0 Å². The van der Waals surface area contributed by atoms with Crippen molar-refractivity contribution in [1.82, 2.24) is 9.38 Å². The highest BCUT2D eigenvalue weighted by Gasteiger charge is 2.06. The first-order chi connectivity index (χ1) is 11.0. The van der Waals surface area contributed by atoms with Crippen molar-refractivity contribution in [3.8, 4) is 0 Å². The summed E-state index contributed by atoms with van der Waals surface area (Å²) >= 11 is 7.05. The van der Waals surface area contributed by atoms with Crippen molar-refractivity contribution in [2.45, 2.75) is 20.4 Å². The molecular weight excluding hydrogens is 338 g/mol. The van der Waals surface area contributed by atoms with Crippen molar-refractivity contribution in [1.29, 1.82) is 0 Å². The number of hydrogen-bond donors (Lipinski definition) is 1. The Balaban J connectivity index is 2.13. The highest BCUT2D eigenvalue weighted by atomic mass is 35.5. The summed E-state index contributed by atoms with van der Waals surface area (Å²) in [4.78, 5) is 22.9. The van der Waals surface area contributed by atoms with Gasteiger partial charge in [0.1, 0.15) is 4.34 Å². The molecular formula is C15H16ClN3O3S. The average molecular weight is 354 g/mol. The predicted octanol–water partition coefficient (Wildman–Crippen LogP) is 3.08. The molecule has 0 radical (unpaired) electrons. The van der Waals surface area contributed by atoms with Crippen molar-refractivity contribution < 1.29 is 9.53 Å². The number of carbonyl (C=O) groups excluding carboxylic acids is 1. The van der Waals surface area contributed by atoms with Crippen LogP contribution in [0.15, 0.2) is 40.2 Å². The van der Waals surface area contributed by atoms with E-state index in [2.05, 4.69) is 10.5 Å². The highest BCUT2D eigenvalue weighted by Crippen LogP contribution is 2.15. The average Bonchev–Trinajstić information content (AvgIpc) is 2.83. The molecule has 0 fully saturated rings. The molecule has 0 aliphatic carbocycles. The zero-order valence-corrected chi connectivity index (χ0v) is 14.3. The van der Waals surface area contributed by atoms with Gasteiger partial charge in [0.25, 0.3) is 5.56 Å². The topological polar surface area (TPSA) is 72.7 Å². The Morgan fingerprint density at radius 2 is 2.22 bits per heavy atom. The number of halogens is 1. The second kappa shape index (κ2) is 7.94. The van der Waals surface area contributed by atoms with Crippen LogP contribution in [0.5, 0.6) is 0 Å². The molecule has 1 N–H and O–H groups in total. The van der Waals surface area contributed by atoms with Crippen molar-refractivity contribution in [2.24, 2.45) is 5.10 Å². The molecule has 0 bridgehead atoms. The molecule has 0 saturated heterocycles. The normalized spacial score (nSPS) is 11.3. The van der Waals surface area contributed by atoms with Crippen LogP contribution in [0.4, 0.5) is 4.79 Å². The maximum absolute atomic E-state index is 11.7. The van der Waals surface area contributed by atoms with Crippen molar-refractivity contribution in [2.75, 3.05) is 6.61 Å². The number of hydrazone groups is 1. The number of nitrogens with one attached hydrogen (secondary N) is 1. The Kier molecular flexibility index (Phi) is 5.95. The summed E-state index contributed by atoms with van der Waals surface area (Å²) in [6.45, 7) is 4.22. The second-order valence-corrected chi connectivity index (χ2v) is 6.34. The standard InChI is InChI=1S/C15H16ClN3O3S/c1-3-22-15(21)18-17-10(2)12-6-4-5-11(7-12)9-19-14(20)8-13(16)23-19/h4-8H,3,9H2,1-2H3,(H,18,21)/b17-10+. The van der Waals surface area contributed by atoms with Crippen molar-refractivity contribution in [3.63, 3.8) is 0 Å². The maximum Gasteiger partial charge on any atom is 0.427 e. The quantitative estimate of drug-likeness (QED) is 0.663. The van der Waals surface area contributed by atoms with E-state index in [0.717, 1.165) is 11.1 Å². The molecule has 0 spiro atoms. The first-order valence-electron chi connectivity index (χ1n) is 6.92. The number of carbonyl (C=O) groups is 1. The van der Waals surface area contributed by atoms with E-state index in [0.29, 0.717) is 16.6 Å². The molecule has 0 atom stereocenters. The van der Waals surface area contributed by atoms with E-state index >= 15 is 0 Å². The van der Waals surface area contributed by atoms with Crippen LogP contribution >= 0.6 is 23.1 Å². The van der Waals surface area contributed by atoms with Gasteiger partial charge in [0.15, 0.2) is 0 Å². The number of nitrogens with zero attached hydrogens (tertiary/aromatic N) is 2. The summed E-state index contributed by atoms with van der Waals surface area (Å²) in [5.41, 5.74) is 4.61.